The fourth-order valence-corrected chi connectivity index (χ4v) is 3.11. The molecule has 3 rings (SSSR count). The van der Waals surface area contributed by atoms with Crippen molar-refractivity contribution in [3.8, 4) is 5.75 Å². The standard InChI is InChI=1S/C21H15Cl2FN2O4/c22-19-9-16(11-25-30-13-15-2-1-3-18(8-15)26(27)28)10-20(23)21(19)29-12-14-4-6-17(24)7-5-14/h1-11H,12-13H2/b25-11-. The molecule has 3 aromatic rings. The Morgan fingerprint density at radius 1 is 1.00 bits per heavy atom. The summed E-state index contributed by atoms with van der Waals surface area (Å²) in [4.78, 5) is 15.5. The number of nitro groups is 1. The van der Waals surface area contributed by atoms with E-state index in [9.17, 15) is 14.5 Å². The number of halogens is 3. The Morgan fingerprint density at radius 2 is 1.70 bits per heavy atom. The summed E-state index contributed by atoms with van der Waals surface area (Å²) in [7, 11) is 0. The minimum atomic E-state index is -0.476. The summed E-state index contributed by atoms with van der Waals surface area (Å²) in [6, 6.07) is 15.2. The topological polar surface area (TPSA) is 74.0 Å². The van der Waals surface area contributed by atoms with Gasteiger partial charge in [0.05, 0.1) is 21.2 Å². The zero-order valence-electron chi connectivity index (χ0n) is 15.4. The highest BCUT2D eigenvalue weighted by atomic mass is 35.5. The third-order valence-electron chi connectivity index (χ3n) is 3.95. The summed E-state index contributed by atoms with van der Waals surface area (Å²) in [5.74, 6) is -0.0246. The van der Waals surface area contributed by atoms with Gasteiger partial charge in [-0.25, -0.2) is 4.39 Å². The normalized spacial score (nSPS) is 10.9. The second-order valence-corrected chi connectivity index (χ2v) is 6.98. The lowest BCUT2D eigenvalue weighted by molar-refractivity contribution is -0.384. The number of non-ortho nitro benzene ring substituents is 1. The molecular weight excluding hydrogens is 434 g/mol. The van der Waals surface area contributed by atoms with Gasteiger partial charge >= 0.3 is 0 Å². The van der Waals surface area contributed by atoms with Gasteiger partial charge in [0.1, 0.15) is 19.0 Å². The molecule has 0 spiro atoms. The molecule has 154 valence electrons. The first-order valence-electron chi connectivity index (χ1n) is 8.67. The summed E-state index contributed by atoms with van der Waals surface area (Å²) in [5.41, 5.74) is 1.94. The molecule has 0 bridgehead atoms. The van der Waals surface area contributed by atoms with Gasteiger partial charge in [-0.05, 0) is 41.0 Å². The van der Waals surface area contributed by atoms with Gasteiger partial charge in [0.15, 0.2) is 5.75 Å². The van der Waals surface area contributed by atoms with Crippen LogP contribution in [-0.2, 0) is 18.1 Å². The Kier molecular flexibility index (Phi) is 7.21. The molecule has 0 heterocycles. The van der Waals surface area contributed by atoms with Crippen LogP contribution < -0.4 is 4.74 Å². The summed E-state index contributed by atoms with van der Waals surface area (Å²) in [5, 5.41) is 15.2. The summed E-state index contributed by atoms with van der Waals surface area (Å²) in [6.07, 6.45) is 1.42. The Labute approximate surface area is 181 Å². The predicted molar refractivity (Wildman–Crippen MR) is 113 cm³/mol. The lowest BCUT2D eigenvalue weighted by atomic mass is 10.2. The van der Waals surface area contributed by atoms with Crippen LogP contribution in [0.25, 0.3) is 0 Å². The molecule has 6 nitrogen and oxygen atoms in total. The maximum Gasteiger partial charge on any atom is 0.269 e. The molecule has 0 saturated carbocycles. The number of benzene rings is 3. The first kappa shape index (κ1) is 21.5. The van der Waals surface area contributed by atoms with Gasteiger partial charge < -0.3 is 9.57 Å². The van der Waals surface area contributed by atoms with Crippen LogP contribution in [0.1, 0.15) is 16.7 Å². The van der Waals surface area contributed by atoms with Gasteiger partial charge in [0.2, 0.25) is 0 Å². The number of nitrogens with zero attached hydrogens (tertiary/aromatic N) is 2. The van der Waals surface area contributed by atoms with Gasteiger partial charge in [0, 0.05) is 12.1 Å². The molecular formula is C21H15Cl2FN2O4. The second kappa shape index (κ2) is 10.0. The number of hydrogen-bond donors (Lipinski definition) is 0. The largest absolute Gasteiger partial charge is 0.486 e. The molecule has 0 aliphatic carbocycles. The van der Waals surface area contributed by atoms with E-state index in [0.717, 1.165) is 5.56 Å². The smallest absolute Gasteiger partial charge is 0.269 e. The van der Waals surface area contributed by atoms with Crippen LogP contribution in [0, 0.1) is 15.9 Å². The van der Waals surface area contributed by atoms with Gasteiger partial charge in [-0.15, -0.1) is 0 Å². The van der Waals surface area contributed by atoms with E-state index in [1.54, 1.807) is 36.4 Å². The molecule has 0 amide bonds. The Hall–Kier alpha value is -3.16. The van der Waals surface area contributed by atoms with E-state index in [1.807, 2.05) is 0 Å². The molecule has 30 heavy (non-hydrogen) atoms. The van der Waals surface area contributed by atoms with E-state index in [4.69, 9.17) is 32.8 Å². The van der Waals surface area contributed by atoms with Crippen molar-refractivity contribution in [2.24, 2.45) is 5.16 Å². The fourth-order valence-electron chi connectivity index (χ4n) is 2.50. The van der Waals surface area contributed by atoms with E-state index in [2.05, 4.69) is 5.16 Å². The molecule has 0 atom stereocenters. The maximum absolute atomic E-state index is 13.0. The van der Waals surface area contributed by atoms with Crippen molar-refractivity contribution in [2.75, 3.05) is 0 Å². The van der Waals surface area contributed by atoms with E-state index in [1.165, 1.54) is 30.5 Å². The van der Waals surface area contributed by atoms with Crippen molar-refractivity contribution in [1.82, 2.24) is 0 Å². The highest BCUT2D eigenvalue weighted by molar-refractivity contribution is 6.37. The minimum Gasteiger partial charge on any atom is -0.486 e. The number of nitro benzene ring substituents is 1. The van der Waals surface area contributed by atoms with E-state index >= 15 is 0 Å². The van der Waals surface area contributed by atoms with Crippen LogP contribution in [0.4, 0.5) is 10.1 Å². The quantitative estimate of drug-likeness (QED) is 0.234. The van der Waals surface area contributed by atoms with Gasteiger partial charge in [-0.3, -0.25) is 10.1 Å². The van der Waals surface area contributed by atoms with Crippen LogP contribution >= 0.6 is 23.2 Å². The van der Waals surface area contributed by atoms with Gasteiger partial charge in [-0.2, -0.15) is 0 Å². The van der Waals surface area contributed by atoms with E-state index in [0.29, 0.717) is 16.9 Å². The molecule has 0 radical (unpaired) electrons. The molecule has 0 unspecified atom stereocenters. The third-order valence-corrected chi connectivity index (χ3v) is 4.51. The predicted octanol–water partition coefficient (Wildman–Crippen LogP) is 6.17. The van der Waals surface area contributed by atoms with Crippen molar-refractivity contribution in [3.05, 3.63) is 103 Å². The monoisotopic (exact) mass is 448 g/mol. The first-order valence-corrected chi connectivity index (χ1v) is 9.43. The first-order chi connectivity index (χ1) is 14.4. The lowest BCUT2D eigenvalue weighted by Crippen LogP contribution is -1.98. The van der Waals surface area contributed by atoms with Crippen LogP contribution in [0.5, 0.6) is 5.75 Å². The van der Waals surface area contributed by atoms with Crippen LogP contribution in [-0.4, -0.2) is 11.1 Å². The average Bonchev–Trinajstić information content (AvgIpc) is 2.72. The number of hydrogen-bond acceptors (Lipinski definition) is 5. The maximum atomic E-state index is 13.0. The molecule has 0 aliphatic heterocycles. The van der Waals surface area contributed by atoms with Gasteiger partial charge in [-0.1, -0.05) is 52.6 Å². The van der Waals surface area contributed by atoms with Crippen molar-refractivity contribution >= 4 is 35.1 Å². The lowest BCUT2D eigenvalue weighted by Gasteiger charge is -2.11. The minimum absolute atomic E-state index is 0.0186. The van der Waals surface area contributed by atoms with Crippen LogP contribution in [0.3, 0.4) is 0 Å². The Bertz CT molecular complexity index is 1050. The highest BCUT2D eigenvalue weighted by Crippen LogP contribution is 2.34. The average molecular weight is 449 g/mol. The molecule has 3 aromatic carbocycles. The molecule has 0 saturated heterocycles. The molecule has 9 heteroatoms. The van der Waals surface area contributed by atoms with Crippen molar-refractivity contribution < 1.29 is 18.9 Å². The van der Waals surface area contributed by atoms with Gasteiger partial charge in [0.25, 0.3) is 5.69 Å². The Balaban J connectivity index is 1.59. The third kappa shape index (κ3) is 5.92. The number of ether oxygens (including phenoxy) is 1. The number of rotatable bonds is 8. The summed E-state index contributed by atoms with van der Waals surface area (Å²) in [6.45, 7) is 0.248. The summed E-state index contributed by atoms with van der Waals surface area (Å²) < 4.78 is 18.6. The second-order valence-electron chi connectivity index (χ2n) is 6.16. The number of oxime groups is 1. The molecule has 0 N–H and O–H groups in total. The molecule has 0 aromatic heterocycles. The fraction of sp³-hybridized carbons (Fsp3) is 0.0952. The Morgan fingerprint density at radius 3 is 2.37 bits per heavy atom. The molecule has 0 fully saturated rings. The molecule has 0 aliphatic rings. The van der Waals surface area contributed by atoms with E-state index in [-0.39, 0.29) is 34.8 Å². The van der Waals surface area contributed by atoms with Crippen molar-refractivity contribution in [1.29, 1.82) is 0 Å². The van der Waals surface area contributed by atoms with E-state index < -0.39 is 4.92 Å². The van der Waals surface area contributed by atoms with Crippen molar-refractivity contribution in [3.63, 3.8) is 0 Å². The zero-order valence-corrected chi connectivity index (χ0v) is 16.9. The zero-order chi connectivity index (χ0) is 21.5. The highest BCUT2D eigenvalue weighted by Gasteiger charge is 2.10. The SMILES string of the molecule is O=[N+]([O-])c1cccc(CO/N=C\c2cc(Cl)c(OCc3ccc(F)cc3)c(Cl)c2)c1. The van der Waals surface area contributed by atoms with Crippen LogP contribution in [0.2, 0.25) is 10.0 Å². The summed E-state index contributed by atoms with van der Waals surface area (Å²) >= 11 is 12.5. The van der Waals surface area contributed by atoms with Crippen molar-refractivity contribution in [2.45, 2.75) is 13.2 Å². The van der Waals surface area contributed by atoms with Crippen LogP contribution in [0.15, 0.2) is 65.8 Å².